The molecule has 0 radical (unpaired) electrons. The van der Waals surface area contributed by atoms with E-state index in [4.69, 9.17) is 9.47 Å². The molecule has 2 aromatic heterocycles. The Labute approximate surface area is 185 Å². The predicted octanol–water partition coefficient (Wildman–Crippen LogP) is 2.27. The van der Waals surface area contributed by atoms with E-state index in [9.17, 15) is 26.4 Å². The first-order chi connectivity index (χ1) is 15.0. The molecule has 0 aliphatic carbocycles. The minimum Gasteiger partial charge on any atom is -0.480 e. The summed E-state index contributed by atoms with van der Waals surface area (Å²) < 4.78 is 75.3. The van der Waals surface area contributed by atoms with Gasteiger partial charge in [0.15, 0.2) is 16.4 Å². The Bertz CT molecular complexity index is 1140. The summed E-state index contributed by atoms with van der Waals surface area (Å²) in [5, 5.41) is 2.00. The number of carbonyl (C=O) groups is 1. The maximum Gasteiger partial charge on any atom is 0.434 e. The third-order valence-corrected chi connectivity index (χ3v) is 6.76. The van der Waals surface area contributed by atoms with Crippen LogP contribution in [0, 0.1) is 0 Å². The van der Waals surface area contributed by atoms with Crippen LogP contribution >= 0.6 is 11.3 Å². The van der Waals surface area contributed by atoms with E-state index >= 15 is 0 Å². The fourth-order valence-electron chi connectivity index (χ4n) is 2.96. The lowest BCUT2D eigenvalue weighted by atomic mass is 10.1. The summed E-state index contributed by atoms with van der Waals surface area (Å²) in [5.74, 6) is -1.12. The van der Waals surface area contributed by atoms with Crippen LogP contribution in [0.2, 0.25) is 0 Å². The molecular formula is C17H18F3N5O5S2. The van der Waals surface area contributed by atoms with Gasteiger partial charge in [-0.25, -0.2) is 23.4 Å². The van der Waals surface area contributed by atoms with Gasteiger partial charge in [-0.3, -0.25) is 10.1 Å². The van der Waals surface area contributed by atoms with E-state index in [2.05, 4.69) is 20.3 Å². The molecule has 10 nitrogen and oxygen atoms in total. The molecule has 0 bridgehead atoms. The van der Waals surface area contributed by atoms with Crippen LogP contribution in [0.4, 0.5) is 18.3 Å². The molecule has 174 valence electrons. The minimum atomic E-state index is -4.78. The standard InChI is InChI=1S/C17H18F3N5O5S2/c1-29-14-10(15(30-2)22-8-21-14)13(26)24-16-23-12(17(18,19)20)11(31-16)9-4-6-25(7-5-9)32(3,27)28/h4,8H,5-7H2,1-3H3,(H,23,24,26). The average molecular weight is 493 g/mol. The minimum absolute atomic E-state index is 0.0390. The highest BCUT2D eigenvalue weighted by Gasteiger charge is 2.39. The molecule has 1 aliphatic heterocycles. The molecule has 1 N–H and O–H groups in total. The summed E-state index contributed by atoms with van der Waals surface area (Å²) in [7, 11) is -0.941. The zero-order valence-corrected chi connectivity index (χ0v) is 18.7. The van der Waals surface area contributed by atoms with Gasteiger partial charge in [0, 0.05) is 13.1 Å². The van der Waals surface area contributed by atoms with Crippen LogP contribution in [0.15, 0.2) is 12.4 Å². The fraction of sp³-hybridized carbons (Fsp3) is 0.412. The number of anilines is 1. The van der Waals surface area contributed by atoms with E-state index in [0.717, 1.165) is 16.9 Å². The molecule has 3 heterocycles. The Morgan fingerprint density at radius 2 is 1.84 bits per heavy atom. The molecule has 3 rings (SSSR count). The molecule has 0 aromatic carbocycles. The number of rotatable bonds is 6. The number of nitrogens with one attached hydrogen (secondary N) is 1. The second-order valence-corrected chi connectivity index (χ2v) is 9.50. The zero-order chi connectivity index (χ0) is 23.7. The van der Waals surface area contributed by atoms with Crippen LogP contribution in [-0.2, 0) is 16.2 Å². The van der Waals surface area contributed by atoms with Gasteiger partial charge in [-0.15, -0.1) is 0 Å². The smallest absolute Gasteiger partial charge is 0.434 e. The molecule has 0 fully saturated rings. The summed E-state index contributed by atoms with van der Waals surface area (Å²) in [4.78, 5) is 23.7. The number of sulfonamides is 1. The zero-order valence-electron chi connectivity index (χ0n) is 17.1. The monoisotopic (exact) mass is 493 g/mol. The normalized spacial score (nSPS) is 15.2. The molecule has 2 aromatic rings. The van der Waals surface area contributed by atoms with Gasteiger partial charge >= 0.3 is 6.18 Å². The van der Waals surface area contributed by atoms with Gasteiger partial charge in [-0.2, -0.15) is 17.5 Å². The second-order valence-electron chi connectivity index (χ2n) is 6.52. The van der Waals surface area contributed by atoms with Crippen molar-refractivity contribution in [3.63, 3.8) is 0 Å². The van der Waals surface area contributed by atoms with Crippen molar-refractivity contribution in [1.82, 2.24) is 19.3 Å². The Balaban J connectivity index is 1.95. The second kappa shape index (κ2) is 8.99. The summed E-state index contributed by atoms with van der Waals surface area (Å²) in [6, 6.07) is 0. The van der Waals surface area contributed by atoms with Gasteiger partial charge in [0.25, 0.3) is 5.91 Å². The topological polar surface area (TPSA) is 124 Å². The Hall–Kier alpha value is -2.78. The molecule has 0 unspecified atom stereocenters. The summed E-state index contributed by atoms with van der Waals surface area (Å²) in [6.07, 6.45) is -1.17. The molecular weight excluding hydrogens is 475 g/mol. The molecule has 15 heteroatoms. The van der Waals surface area contributed by atoms with Crippen molar-refractivity contribution in [3.8, 4) is 11.8 Å². The van der Waals surface area contributed by atoms with Gasteiger partial charge in [0.1, 0.15) is 6.33 Å². The number of nitrogens with zero attached hydrogens (tertiary/aromatic N) is 4. The van der Waals surface area contributed by atoms with Gasteiger partial charge in [0.2, 0.25) is 21.8 Å². The van der Waals surface area contributed by atoms with Crippen LogP contribution in [-0.4, -0.2) is 67.1 Å². The highest BCUT2D eigenvalue weighted by atomic mass is 32.2. The maximum absolute atomic E-state index is 13.6. The number of hydrogen-bond donors (Lipinski definition) is 1. The summed E-state index contributed by atoms with van der Waals surface area (Å²) >= 11 is 0.630. The fourth-order valence-corrected chi connectivity index (χ4v) is 4.78. The number of aromatic nitrogens is 3. The molecule has 0 saturated carbocycles. The Kier molecular flexibility index (Phi) is 6.71. The number of ether oxygens (including phenoxy) is 2. The van der Waals surface area contributed by atoms with E-state index in [1.165, 1.54) is 20.3 Å². The van der Waals surface area contributed by atoms with Crippen molar-refractivity contribution < 1.29 is 35.9 Å². The lowest BCUT2D eigenvalue weighted by Gasteiger charge is -2.24. The molecule has 1 aliphatic rings. The molecule has 0 atom stereocenters. The average Bonchev–Trinajstić information content (AvgIpc) is 3.16. The van der Waals surface area contributed by atoms with Crippen LogP contribution in [0.25, 0.3) is 5.57 Å². The van der Waals surface area contributed by atoms with Crippen LogP contribution in [0.5, 0.6) is 11.8 Å². The van der Waals surface area contributed by atoms with Crippen LogP contribution < -0.4 is 14.8 Å². The number of methoxy groups -OCH3 is 2. The van der Waals surface area contributed by atoms with E-state index in [1.807, 2.05) is 0 Å². The van der Waals surface area contributed by atoms with E-state index in [-0.39, 0.29) is 46.8 Å². The predicted molar refractivity (Wildman–Crippen MR) is 109 cm³/mol. The first-order valence-corrected chi connectivity index (χ1v) is 11.6. The van der Waals surface area contributed by atoms with Crippen molar-refractivity contribution in [2.75, 3.05) is 38.9 Å². The molecule has 32 heavy (non-hydrogen) atoms. The number of halogens is 3. The van der Waals surface area contributed by atoms with Gasteiger partial charge in [0.05, 0.1) is 25.4 Å². The van der Waals surface area contributed by atoms with Crippen molar-refractivity contribution in [1.29, 1.82) is 0 Å². The van der Waals surface area contributed by atoms with Gasteiger partial charge in [-0.05, 0) is 12.0 Å². The highest BCUT2D eigenvalue weighted by molar-refractivity contribution is 7.88. The molecule has 0 spiro atoms. The highest BCUT2D eigenvalue weighted by Crippen LogP contribution is 2.41. The van der Waals surface area contributed by atoms with Crippen LogP contribution in [0.1, 0.15) is 27.3 Å². The number of thiazole rings is 1. The largest absolute Gasteiger partial charge is 0.480 e. The van der Waals surface area contributed by atoms with Crippen molar-refractivity contribution in [2.45, 2.75) is 12.6 Å². The number of amides is 1. The lowest BCUT2D eigenvalue weighted by molar-refractivity contribution is -0.140. The van der Waals surface area contributed by atoms with Crippen molar-refractivity contribution >= 4 is 38.0 Å². The van der Waals surface area contributed by atoms with Crippen molar-refractivity contribution in [3.05, 3.63) is 28.5 Å². The molecule has 1 amide bonds. The number of hydrogen-bond acceptors (Lipinski definition) is 9. The third kappa shape index (κ3) is 4.99. The number of carbonyl (C=O) groups excluding carboxylic acids is 1. The third-order valence-electron chi connectivity index (χ3n) is 4.44. The van der Waals surface area contributed by atoms with Crippen molar-refractivity contribution in [2.24, 2.45) is 0 Å². The van der Waals surface area contributed by atoms with E-state index in [1.54, 1.807) is 0 Å². The first kappa shape index (κ1) is 23.9. The van der Waals surface area contributed by atoms with E-state index in [0.29, 0.717) is 16.9 Å². The number of alkyl halides is 3. The summed E-state index contributed by atoms with van der Waals surface area (Å²) in [6.45, 7) is -0.0158. The van der Waals surface area contributed by atoms with E-state index < -0.39 is 27.8 Å². The molecule has 0 saturated heterocycles. The lowest BCUT2D eigenvalue weighted by Crippen LogP contribution is -2.33. The summed E-state index contributed by atoms with van der Waals surface area (Å²) in [5.41, 5.74) is -1.07. The quantitative estimate of drug-likeness (QED) is 0.650. The van der Waals surface area contributed by atoms with Gasteiger partial charge < -0.3 is 9.47 Å². The van der Waals surface area contributed by atoms with Gasteiger partial charge in [-0.1, -0.05) is 17.4 Å². The Morgan fingerprint density at radius 3 is 2.31 bits per heavy atom. The van der Waals surface area contributed by atoms with Crippen LogP contribution in [0.3, 0.4) is 0 Å². The Morgan fingerprint density at radius 1 is 1.22 bits per heavy atom. The SMILES string of the molecule is COc1ncnc(OC)c1C(=O)Nc1nc(C(F)(F)F)c(C2=CCN(S(C)(=O)=O)CC2)s1. The first-order valence-electron chi connectivity index (χ1n) is 8.92. The maximum atomic E-state index is 13.6.